The molecule has 1 unspecified atom stereocenters. The number of alkyl halides is 1. The SMILES string of the molecule is CC(O)C(=O)[C@@]1(O)CC[C@H]2[C@@H]3CCC4=CC(=O)C=C[C@]4(C)[C@@]3(F)[C@@H](O)C[C@@]21C. The molecule has 0 radical (unpaired) electrons. The van der Waals surface area contributed by atoms with Gasteiger partial charge in [0.1, 0.15) is 11.7 Å². The van der Waals surface area contributed by atoms with Crippen molar-refractivity contribution in [2.75, 3.05) is 0 Å². The summed E-state index contributed by atoms with van der Waals surface area (Å²) in [5, 5.41) is 32.2. The molecule has 0 bridgehead atoms. The lowest BCUT2D eigenvalue weighted by molar-refractivity contribution is -0.218. The van der Waals surface area contributed by atoms with Crippen LogP contribution in [0.5, 0.6) is 0 Å². The number of rotatable bonds is 2. The molecule has 0 aromatic rings. The van der Waals surface area contributed by atoms with Crippen LogP contribution < -0.4 is 0 Å². The molecule has 3 fully saturated rings. The highest BCUT2D eigenvalue weighted by Gasteiger charge is 2.74. The molecule has 0 saturated heterocycles. The molecule has 28 heavy (non-hydrogen) atoms. The molecule has 0 heterocycles. The van der Waals surface area contributed by atoms with Crippen LogP contribution in [-0.2, 0) is 9.59 Å². The maximum absolute atomic E-state index is 16.8. The molecule has 0 aliphatic heterocycles. The van der Waals surface area contributed by atoms with Crippen molar-refractivity contribution in [3.63, 3.8) is 0 Å². The number of Topliss-reactive ketones (excluding diaryl/α,β-unsaturated/α-hetero) is 1. The van der Waals surface area contributed by atoms with Gasteiger partial charge in [0.2, 0.25) is 0 Å². The molecule has 4 aliphatic rings. The largest absolute Gasteiger partial charge is 0.390 e. The van der Waals surface area contributed by atoms with E-state index in [4.69, 9.17) is 0 Å². The molecular formula is C22H29FO5. The summed E-state index contributed by atoms with van der Waals surface area (Å²) in [7, 11) is 0. The van der Waals surface area contributed by atoms with E-state index in [9.17, 15) is 24.9 Å². The van der Waals surface area contributed by atoms with Crippen LogP contribution in [0.3, 0.4) is 0 Å². The van der Waals surface area contributed by atoms with Crippen molar-refractivity contribution >= 4 is 11.6 Å². The molecule has 6 heteroatoms. The first-order chi connectivity index (χ1) is 12.9. The molecule has 0 aromatic carbocycles. The number of halogens is 1. The van der Waals surface area contributed by atoms with Crippen LogP contribution >= 0.6 is 0 Å². The Morgan fingerprint density at radius 2 is 1.96 bits per heavy atom. The second-order valence-corrected chi connectivity index (χ2v) is 9.70. The Balaban J connectivity index is 1.80. The van der Waals surface area contributed by atoms with Crippen LogP contribution in [0.25, 0.3) is 0 Å². The van der Waals surface area contributed by atoms with Gasteiger partial charge in [-0.15, -0.1) is 0 Å². The highest BCUT2D eigenvalue weighted by Crippen LogP contribution is 2.69. The second kappa shape index (κ2) is 5.83. The van der Waals surface area contributed by atoms with Crippen LogP contribution in [0.15, 0.2) is 23.8 Å². The first-order valence-corrected chi connectivity index (χ1v) is 10.2. The van der Waals surface area contributed by atoms with Crippen molar-refractivity contribution in [2.45, 2.75) is 76.4 Å². The van der Waals surface area contributed by atoms with E-state index in [0.717, 1.165) is 0 Å². The van der Waals surface area contributed by atoms with Crippen LogP contribution in [0.2, 0.25) is 0 Å². The zero-order valence-electron chi connectivity index (χ0n) is 16.6. The fourth-order valence-electron chi connectivity index (χ4n) is 6.97. The fraction of sp³-hybridized carbons (Fsp3) is 0.727. The molecule has 4 aliphatic carbocycles. The molecule has 0 spiro atoms. The molecule has 0 amide bonds. The van der Waals surface area contributed by atoms with Crippen molar-refractivity contribution < 1.29 is 29.3 Å². The van der Waals surface area contributed by atoms with Crippen LogP contribution in [0.4, 0.5) is 4.39 Å². The monoisotopic (exact) mass is 392 g/mol. The van der Waals surface area contributed by atoms with Gasteiger partial charge in [-0.05, 0) is 64.0 Å². The predicted octanol–water partition coefficient (Wildman–Crippen LogP) is 2.04. The molecule has 3 saturated carbocycles. The normalized spacial score (nSPS) is 51.0. The van der Waals surface area contributed by atoms with Crippen molar-refractivity contribution in [3.8, 4) is 0 Å². The maximum Gasteiger partial charge on any atom is 0.192 e. The molecule has 0 aromatic heterocycles. The summed E-state index contributed by atoms with van der Waals surface area (Å²) in [5.41, 5.74) is -5.14. The number of carbonyl (C=O) groups excluding carboxylic acids is 2. The Bertz CT molecular complexity index is 803. The molecule has 4 rings (SSSR count). The summed E-state index contributed by atoms with van der Waals surface area (Å²) in [6.45, 7) is 4.82. The van der Waals surface area contributed by atoms with Gasteiger partial charge in [0.05, 0.1) is 6.10 Å². The first kappa shape index (κ1) is 19.9. The molecule has 8 atom stereocenters. The lowest BCUT2D eigenvalue weighted by atomic mass is 9.44. The predicted molar refractivity (Wildman–Crippen MR) is 100.0 cm³/mol. The Labute approximate surface area is 164 Å². The topological polar surface area (TPSA) is 94.8 Å². The number of aliphatic hydroxyl groups excluding tert-OH is 2. The lowest BCUT2D eigenvalue weighted by Gasteiger charge is -2.62. The standard InChI is InChI=1S/C22H29FO5/c1-12(24)18(27)21(28)9-7-15-16-5-4-13-10-14(25)6-8-19(13,2)22(16,23)17(26)11-20(15,21)3/h6,8,10,12,15-17,24,26,28H,4-5,7,9,11H2,1-3H3/t12?,15-,16-,17-,19-,20-,21-,22-/m0/s1. The van der Waals surface area contributed by atoms with Gasteiger partial charge >= 0.3 is 0 Å². The van der Waals surface area contributed by atoms with Gasteiger partial charge in [-0.1, -0.05) is 18.6 Å². The first-order valence-electron chi connectivity index (χ1n) is 10.2. The quantitative estimate of drug-likeness (QED) is 0.669. The number of fused-ring (bicyclic) bond motifs is 5. The molecule has 3 N–H and O–H groups in total. The van der Waals surface area contributed by atoms with E-state index in [2.05, 4.69) is 0 Å². The van der Waals surface area contributed by atoms with E-state index in [1.807, 2.05) is 0 Å². The molecular weight excluding hydrogens is 363 g/mol. The van der Waals surface area contributed by atoms with Crippen LogP contribution in [0.1, 0.15) is 52.9 Å². The smallest absolute Gasteiger partial charge is 0.192 e. The number of carbonyl (C=O) groups is 2. The van der Waals surface area contributed by atoms with Crippen molar-refractivity contribution in [2.24, 2.45) is 22.7 Å². The highest BCUT2D eigenvalue weighted by molar-refractivity contribution is 6.01. The average molecular weight is 392 g/mol. The summed E-state index contributed by atoms with van der Waals surface area (Å²) in [4.78, 5) is 24.5. The van der Waals surface area contributed by atoms with Crippen molar-refractivity contribution in [1.29, 1.82) is 0 Å². The summed E-state index contributed by atoms with van der Waals surface area (Å²) in [5.74, 6) is -1.65. The third-order valence-electron chi connectivity index (χ3n) is 8.58. The van der Waals surface area contributed by atoms with E-state index < -0.39 is 46.0 Å². The average Bonchev–Trinajstić information content (AvgIpc) is 2.88. The second-order valence-electron chi connectivity index (χ2n) is 9.70. The number of hydrogen-bond donors (Lipinski definition) is 3. The van der Waals surface area contributed by atoms with Crippen molar-refractivity contribution in [1.82, 2.24) is 0 Å². The summed E-state index contributed by atoms with van der Waals surface area (Å²) in [6.07, 6.45) is 3.29. The third-order valence-corrected chi connectivity index (χ3v) is 8.58. The zero-order valence-corrected chi connectivity index (χ0v) is 16.6. The highest BCUT2D eigenvalue weighted by atomic mass is 19.1. The van der Waals surface area contributed by atoms with Crippen LogP contribution in [0, 0.1) is 22.7 Å². The van der Waals surface area contributed by atoms with Gasteiger partial charge in [-0.25, -0.2) is 4.39 Å². The van der Waals surface area contributed by atoms with Crippen molar-refractivity contribution in [3.05, 3.63) is 23.8 Å². The van der Waals surface area contributed by atoms with Gasteiger partial charge in [0.15, 0.2) is 17.2 Å². The lowest BCUT2D eigenvalue weighted by Crippen LogP contribution is -2.69. The van der Waals surface area contributed by atoms with Crippen LogP contribution in [-0.4, -0.2) is 50.4 Å². The minimum Gasteiger partial charge on any atom is -0.390 e. The number of ketones is 2. The van der Waals surface area contributed by atoms with Gasteiger partial charge in [-0.2, -0.15) is 0 Å². The maximum atomic E-state index is 16.8. The Morgan fingerprint density at radius 1 is 1.29 bits per heavy atom. The Morgan fingerprint density at radius 3 is 2.61 bits per heavy atom. The Kier molecular flexibility index (Phi) is 4.15. The fourth-order valence-corrected chi connectivity index (χ4v) is 6.97. The minimum atomic E-state index is -1.97. The number of hydrogen-bond acceptors (Lipinski definition) is 5. The van der Waals surface area contributed by atoms with Gasteiger partial charge in [0.25, 0.3) is 0 Å². The number of aliphatic hydroxyl groups is 3. The third kappa shape index (κ3) is 2.12. The van der Waals surface area contributed by atoms with E-state index in [1.165, 1.54) is 19.1 Å². The molecule has 5 nitrogen and oxygen atoms in total. The van der Waals surface area contributed by atoms with E-state index in [1.54, 1.807) is 19.9 Å². The van der Waals surface area contributed by atoms with Gasteiger partial charge < -0.3 is 15.3 Å². The summed E-state index contributed by atoms with van der Waals surface area (Å²) in [6, 6.07) is 0. The summed E-state index contributed by atoms with van der Waals surface area (Å²) >= 11 is 0. The number of allylic oxidation sites excluding steroid dienone is 4. The summed E-state index contributed by atoms with van der Waals surface area (Å²) < 4.78 is 16.8. The van der Waals surface area contributed by atoms with Gasteiger partial charge in [-0.3, -0.25) is 9.59 Å². The Hall–Kier alpha value is -1.37. The van der Waals surface area contributed by atoms with E-state index >= 15 is 4.39 Å². The molecule has 154 valence electrons. The van der Waals surface area contributed by atoms with E-state index in [-0.39, 0.29) is 24.5 Å². The van der Waals surface area contributed by atoms with E-state index in [0.29, 0.717) is 24.8 Å². The zero-order chi connectivity index (χ0) is 20.7. The minimum absolute atomic E-state index is 0.0652. The van der Waals surface area contributed by atoms with Gasteiger partial charge in [0, 0.05) is 16.7 Å².